The van der Waals surface area contributed by atoms with Crippen molar-refractivity contribution in [1.29, 1.82) is 0 Å². The molecule has 0 unspecified atom stereocenters. The summed E-state index contributed by atoms with van der Waals surface area (Å²) in [4.78, 5) is 48.8. The van der Waals surface area contributed by atoms with Crippen LogP contribution in [0.2, 0.25) is 0 Å². The van der Waals surface area contributed by atoms with E-state index in [0.717, 1.165) is 62.0 Å². The summed E-state index contributed by atoms with van der Waals surface area (Å²) in [5, 5.41) is 17.1. The van der Waals surface area contributed by atoms with Crippen molar-refractivity contribution in [2.24, 2.45) is 5.92 Å². The van der Waals surface area contributed by atoms with Crippen LogP contribution in [0, 0.1) is 5.92 Å². The number of pyridine rings is 1. The molecule has 246 valence electrons. The number of amides is 3. The average Bonchev–Trinajstić information content (AvgIpc) is 3.07. The zero-order valence-corrected chi connectivity index (χ0v) is 27.3. The first-order valence-corrected chi connectivity index (χ1v) is 16.2. The molecule has 10 nitrogen and oxygen atoms in total. The summed E-state index contributed by atoms with van der Waals surface area (Å²) in [6, 6.07) is 10.4. The molecule has 1 aliphatic carbocycles. The maximum absolute atomic E-state index is 13.8. The molecule has 3 fully saturated rings. The van der Waals surface area contributed by atoms with Crippen LogP contribution >= 0.6 is 12.4 Å². The molecular formula is C34H48ClN5O5. The highest BCUT2D eigenvalue weighted by molar-refractivity contribution is 6.00. The van der Waals surface area contributed by atoms with Crippen molar-refractivity contribution in [3.05, 3.63) is 59.4 Å². The van der Waals surface area contributed by atoms with E-state index >= 15 is 0 Å². The number of benzene rings is 1. The van der Waals surface area contributed by atoms with Crippen LogP contribution in [0.15, 0.2) is 42.6 Å². The number of nitrogens with zero attached hydrogens (tertiary/aromatic N) is 3. The molecule has 5 rings (SSSR count). The maximum atomic E-state index is 13.8. The van der Waals surface area contributed by atoms with Gasteiger partial charge in [-0.1, -0.05) is 44.7 Å². The van der Waals surface area contributed by atoms with Gasteiger partial charge >= 0.3 is 0 Å². The number of hydrogen-bond donors (Lipinski definition) is 3. The quantitative estimate of drug-likeness (QED) is 0.341. The largest absolute Gasteiger partial charge is 0.497 e. The van der Waals surface area contributed by atoms with E-state index in [4.69, 9.17) is 4.74 Å². The Kier molecular flexibility index (Phi) is 12.2. The van der Waals surface area contributed by atoms with Crippen molar-refractivity contribution in [1.82, 2.24) is 25.4 Å². The molecule has 3 aliphatic rings. The number of methoxy groups -OCH3 is 1. The zero-order valence-electron chi connectivity index (χ0n) is 26.5. The summed E-state index contributed by atoms with van der Waals surface area (Å²) in [5.41, 5.74) is 1.43. The van der Waals surface area contributed by atoms with Gasteiger partial charge in [-0.25, -0.2) is 0 Å². The Bertz CT molecular complexity index is 1280. The van der Waals surface area contributed by atoms with E-state index in [0.29, 0.717) is 51.1 Å². The number of carbonyl (C=O) groups is 3. The molecule has 2 aromatic rings. The summed E-state index contributed by atoms with van der Waals surface area (Å²) in [5.74, 6) is 0.376. The maximum Gasteiger partial charge on any atom is 0.253 e. The fourth-order valence-electron chi connectivity index (χ4n) is 6.95. The van der Waals surface area contributed by atoms with Gasteiger partial charge in [0.2, 0.25) is 11.8 Å². The topological polar surface area (TPSA) is 124 Å². The lowest BCUT2D eigenvalue weighted by Gasteiger charge is -2.52. The Balaban J connectivity index is 0.00000461. The summed E-state index contributed by atoms with van der Waals surface area (Å²) < 4.78 is 5.18. The van der Waals surface area contributed by atoms with E-state index in [2.05, 4.69) is 27.4 Å². The zero-order chi connectivity index (χ0) is 31.1. The van der Waals surface area contributed by atoms with Crippen LogP contribution in [0.5, 0.6) is 5.75 Å². The third-order valence-corrected chi connectivity index (χ3v) is 9.74. The minimum Gasteiger partial charge on any atom is -0.497 e. The van der Waals surface area contributed by atoms with Gasteiger partial charge < -0.3 is 25.4 Å². The summed E-state index contributed by atoms with van der Waals surface area (Å²) in [6.45, 7) is 4.90. The van der Waals surface area contributed by atoms with Gasteiger partial charge in [-0.05, 0) is 67.9 Å². The van der Waals surface area contributed by atoms with Gasteiger partial charge in [0.25, 0.3) is 5.91 Å². The van der Waals surface area contributed by atoms with Crippen molar-refractivity contribution < 1.29 is 24.2 Å². The van der Waals surface area contributed by atoms with Crippen LogP contribution in [-0.4, -0.2) is 82.0 Å². The van der Waals surface area contributed by atoms with Crippen molar-refractivity contribution in [2.75, 3.05) is 26.7 Å². The monoisotopic (exact) mass is 641 g/mol. The van der Waals surface area contributed by atoms with Crippen LogP contribution in [0.4, 0.5) is 0 Å². The van der Waals surface area contributed by atoms with Crippen molar-refractivity contribution in [3.8, 4) is 5.75 Å². The van der Waals surface area contributed by atoms with E-state index in [-0.39, 0.29) is 36.0 Å². The van der Waals surface area contributed by atoms with E-state index in [1.807, 2.05) is 30.3 Å². The second kappa shape index (κ2) is 15.9. The Hall–Kier alpha value is -3.21. The highest BCUT2D eigenvalue weighted by atomic mass is 35.5. The number of ether oxygens (including phenoxy) is 1. The smallest absolute Gasteiger partial charge is 0.253 e. The molecule has 3 N–H and O–H groups in total. The van der Waals surface area contributed by atoms with Crippen LogP contribution in [0.1, 0.15) is 86.3 Å². The second-order valence-electron chi connectivity index (χ2n) is 12.6. The predicted octanol–water partition coefficient (Wildman–Crippen LogP) is 3.84. The first kappa shape index (κ1) is 34.7. The average molecular weight is 642 g/mol. The highest BCUT2D eigenvalue weighted by Gasteiger charge is 2.55. The molecule has 3 amide bonds. The lowest BCUT2D eigenvalue weighted by molar-refractivity contribution is -0.166. The van der Waals surface area contributed by atoms with E-state index in [1.165, 1.54) is 0 Å². The summed E-state index contributed by atoms with van der Waals surface area (Å²) in [7, 11) is 1.62. The lowest BCUT2D eigenvalue weighted by atomic mass is 9.78. The fraction of sp³-hybridized carbons (Fsp3) is 0.588. The third-order valence-electron chi connectivity index (χ3n) is 9.74. The van der Waals surface area contributed by atoms with E-state index < -0.39 is 17.7 Å². The normalized spacial score (nSPS) is 21.1. The number of nitrogens with one attached hydrogen (secondary N) is 2. The fourth-order valence-corrected chi connectivity index (χ4v) is 6.95. The Morgan fingerprint density at radius 2 is 1.82 bits per heavy atom. The molecule has 11 heteroatoms. The molecule has 1 aromatic heterocycles. The van der Waals surface area contributed by atoms with Gasteiger partial charge in [0.1, 0.15) is 17.3 Å². The number of aliphatic hydroxyl groups excluding tert-OH is 1. The molecule has 1 spiro atoms. The number of rotatable bonds is 11. The Morgan fingerprint density at radius 1 is 1.11 bits per heavy atom. The molecule has 2 aliphatic heterocycles. The molecule has 2 saturated heterocycles. The van der Waals surface area contributed by atoms with Gasteiger partial charge in [0, 0.05) is 38.9 Å². The number of aromatic nitrogens is 1. The van der Waals surface area contributed by atoms with Crippen molar-refractivity contribution in [2.45, 2.75) is 95.5 Å². The molecule has 2 atom stereocenters. The summed E-state index contributed by atoms with van der Waals surface area (Å²) >= 11 is 0. The number of unbranched alkanes of at least 4 members (excludes halogenated alkanes) is 1. The number of halogens is 1. The van der Waals surface area contributed by atoms with Crippen LogP contribution in [0.3, 0.4) is 0 Å². The van der Waals surface area contributed by atoms with Gasteiger partial charge in [-0.2, -0.15) is 0 Å². The number of piperidine rings is 1. The minimum absolute atomic E-state index is 0. The Morgan fingerprint density at radius 3 is 2.44 bits per heavy atom. The number of carbonyl (C=O) groups excluding carboxylic acids is 3. The van der Waals surface area contributed by atoms with Crippen LogP contribution < -0.4 is 15.4 Å². The van der Waals surface area contributed by atoms with Crippen LogP contribution in [0.25, 0.3) is 0 Å². The molecule has 45 heavy (non-hydrogen) atoms. The number of likely N-dealkylation sites (tertiary alicyclic amines) is 1. The first-order chi connectivity index (χ1) is 21.3. The van der Waals surface area contributed by atoms with E-state index in [9.17, 15) is 19.5 Å². The van der Waals surface area contributed by atoms with Crippen molar-refractivity contribution in [3.63, 3.8) is 0 Å². The number of hydrogen-bond acceptors (Lipinski definition) is 7. The lowest BCUT2D eigenvalue weighted by Crippen LogP contribution is -2.75. The standard InChI is InChI=1S/C34H47N5O5.ClH/c1-3-4-18-39-32(42)29(30(40)25-8-6-5-7-9-25)37-33(43)34(39)16-19-38(20-17-34)23-27-13-12-26(22-35-27)31(41)36-21-24-10-14-28(44-2)15-11-24;/h10-15,22,25,29-30,40H,3-9,16-21,23H2,1-2H3,(H,36,41)(H,37,43);1H/t29-,30-;/m1./s1. The predicted molar refractivity (Wildman–Crippen MR) is 174 cm³/mol. The molecular weight excluding hydrogens is 594 g/mol. The second-order valence-corrected chi connectivity index (χ2v) is 12.6. The third kappa shape index (κ3) is 7.96. The SMILES string of the molecule is CCCCN1C(=O)[C@@H]([C@H](O)C2CCCCC2)NC(=O)C12CCN(Cc1ccc(C(=O)NCc3ccc(OC)cc3)cn1)CC2.Cl. The number of piperazine rings is 1. The molecule has 1 saturated carbocycles. The Labute approximate surface area is 272 Å². The van der Waals surface area contributed by atoms with E-state index in [1.54, 1.807) is 24.3 Å². The van der Waals surface area contributed by atoms with Gasteiger partial charge in [0.15, 0.2) is 0 Å². The van der Waals surface area contributed by atoms with Gasteiger partial charge in [0.05, 0.1) is 24.5 Å². The van der Waals surface area contributed by atoms with Crippen LogP contribution in [-0.2, 0) is 22.7 Å². The van der Waals surface area contributed by atoms with Crippen molar-refractivity contribution >= 4 is 30.1 Å². The molecule has 0 radical (unpaired) electrons. The highest BCUT2D eigenvalue weighted by Crippen LogP contribution is 2.36. The first-order valence-electron chi connectivity index (χ1n) is 16.2. The molecule has 1 aromatic carbocycles. The number of aliphatic hydroxyl groups is 1. The van der Waals surface area contributed by atoms with Gasteiger partial charge in [-0.15, -0.1) is 12.4 Å². The summed E-state index contributed by atoms with van der Waals surface area (Å²) in [6.07, 6.45) is 8.66. The molecule has 3 heterocycles. The van der Waals surface area contributed by atoms with Gasteiger partial charge in [-0.3, -0.25) is 24.3 Å². The molecule has 0 bridgehead atoms. The minimum atomic E-state index is -0.884.